The highest BCUT2D eigenvalue weighted by molar-refractivity contribution is 4.89. The van der Waals surface area contributed by atoms with Crippen LogP contribution in [0.3, 0.4) is 0 Å². The number of nitrogens with zero attached hydrogens (tertiary/aromatic N) is 2. The van der Waals surface area contributed by atoms with Crippen LogP contribution in [0.15, 0.2) is 4.42 Å². The first kappa shape index (κ1) is 17.2. The molecule has 1 unspecified atom stereocenters. The lowest BCUT2D eigenvalue weighted by Crippen LogP contribution is -2.20. The van der Waals surface area contributed by atoms with Gasteiger partial charge < -0.3 is 9.73 Å². The summed E-state index contributed by atoms with van der Waals surface area (Å²) in [6.07, 6.45) is 11.1. The summed E-state index contributed by atoms with van der Waals surface area (Å²) in [5.41, 5.74) is 0. The van der Waals surface area contributed by atoms with Gasteiger partial charge in [0, 0.05) is 6.42 Å². The van der Waals surface area contributed by atoms with Crippen LogP contribution in [0.4, 0.5) is 0 Å². The largest absolute Gasteiger partial charge is 0.424 e. The monoisotopic (exact) mass is 281 g/mol. The topological polar surface area (TPSA) is 51.0 Å². The van der Waals surface area contributed by atoms with Crippen molar-refractivity contribution in [1.82, 2.24) is 15.5 Å². The van der Waals surface area contributed by atoms with Crippen molar-refractivity contribution < 1.29 is 4.42 Å². The van der Waals surface area contributed by atoms with E-state index in [-0.39, 0.29) is 6.04 Å². The van der Waals surface area contributed by atoms with Crippen LogP contribution in [0.2, 0.25) is 0 Å². The van der Waals surface area contributed by atoms with Crippen LogP contribution in [0, 0.1) is 0 Å². The fourth-order valence-electron chi connectivity index (χ4n) is 2.39. The molecule has 1 atom stereocenters. The molecule has 0 aliphatic heterocycles. The Morgan fingerprint density at radius 1 is 0.950 bits per heavy atom. The highest BCUT2D eigenvalue weighted by Crippen LogP contribution is 2.16. The number of aromatic nitrogens is 2. The van der Waals surface area contributed by atoms with Gasteiger partial charge in [0.25, 0.3) is 0 Å². The van der Waals surface area contributed by atoms with Crippen molar-refractivity contribution in [2.45, 2.75) is 84.6 Å². The van der Waals surface area contributed by atoms with Gasteiger partial charge in [0.05, 0.1) is 6.04 Å². The standard InChI is InChI=1S/C16H31N3O/c1-4-7-8-9-10-11-12-13-15-18-19-16(20-15)14(5-2)17-6-3/h14,17H,4-13H2,1-3H3. The zero-order valence-electron chi connectivity index (χ0n) is 13.5. The predicted octanol–water partition coefficient (Wildman–Crippen LogP) is 4.42. The Morgan fingerprint density at radius 3 is 2.30 bits per heavy atom. The second-order valence-electron chi connectivity index (χ2n) is 5.42. The lowest BCUT2D eigenvalue weighted by Gasteiger charge is -2.09. The Kier molecular flexibility index (Phi) is 9.29. The summed E-state index contributed by atoms with van der Waals surface area (Å²) < 4.78 is 5.75. The molecule has 0 aromatic carbocycles. The van der Waals surface area contributed by atoms with Gasteiger partial charge in [-0.3, -0.25) is 0 Å². The molecule has 4 heteroatoms. The second kappa shape index (κ2) is 10.8. The van der Waals surface area contributed by atoms with E-state index in [0.717, 1.165) is 37.6 Å². The Bertz CT molecular complexity index is 338. The van der Waals surface area contributed by atoms with Gasteiger partial charge in [-0.25, -0.2) is 0 Å². The van der Waals surface area contributed by atoms with E-state index in [1.54, 1.807) is 0 Å². The Labute approximate surface area is 123 Å². The summed E-state index contributed by atoms with van der Waals surface area (Å²) in [6.45, 7) is 7.41. The lowest BCUT2D eigenvalue weighted by atomic mass is 10.1. The summed E-state index contributed by atoms with van der Waals surface area (Å²) in [4.78, 5) is 0. The molecule has 0 spiro atoms. The van der Waals surface area contributed by atoms with Gasteiger partial charge in [-0.15, -0.1) is 10.2 Å². The van der Waals surface area contributed by atoms with E-state index in [4.69, 9.17) is 4.42 Å². The maximum absolute atomic E-state index is 5.75. The van der Waals surface area contributed by atoms with Crippen LogP contribution in [0.25, 0.3) is 0 Å². The maximum Gasteiger partial charge on any atom is 0.233 e. The number of aryl methyl sites for hydroxylation is 1. The first-order valence-electron chi connectivity index (χ1n) is 8.37. The van der Waals surface area contributed by atoms with Crippen LogP contribution < -0.4 is 5.32 Å². The molecule has 0 fully saturated rings. The van der Waals surface area contributed by atoms with Crippen molar-refractivity contribution in [2.75, 3.05) is 6.54 Å². The van der Waals surface area contributed by atoms with E-state index in [2.05, 4.69) is 36.3 Å². The molecule has 1 rings (SSSR count). The van der Waals surface area contributed by atoms with E-state index in [0.29, 0.717) is 0 Å². The van der Waals surface area contributed by atoms with E-state index >= 15 is 0 Å². The molecule has 0 saturated heterocycles. The smallest absolute Gasteiger partial charge is 0.233 e. The van der Waals surface area contributed by atoms with Crippen molar-refractivity contribution in [1.29, 1.82) is 0 Å². The highest BCUT2D eigenvalue weighted by Gasteiger charge is 2.15. The number of unbranched alkanes of at least 4 members (excludes halogenated alkanes) is 6. The molecule has 1 aromatic heterocycles. The average molecular weight is 281 g/mol. The van der Waals surface area contributed by atoms with Gasteiger partial charge in [0.1, 0.15) is 0 Å². The minimum Gasteiger partial charge on any atom is -0.424 e. The quantitative estimate of drug-likeness (QED) is 0.576. The third kappa shape index (κ3) is 6.51. The molecule has 20 heavy (non-hydrogen) atoms. The fourth-order valence-corrected chi connectivity index (χ4v) is 2.39. The molecule has 0 radical (unpaired) electrons. The molecule has 0 aliphatic rings. The second-order valence-corrected chi connectivity index (χ2v) is 5.42. The van der Waals surface area contributed by atoms with Gasteiger partial charge in [-0.05, 0) is 19.4 Å². The van der Waals surface area contributed by atoms with Crippen molar-refractivity contribution in [3.8, 4) is 0 Å². The molecule has 0 bridgehead atoms. The molecular weight excluding hydrogens is 250 g/mol. The first-order valence-corrected chi connectivity index (χ1v) is 8.37. The molecule has 0 saturated carbocycles. The Balaban J connectivity index is 2.20. The van der Waals surface area contributed by atoms with Gasteiger partial charge in [0.2, 0.25) is 11.8 Å². The lowest BCUT2D eigenvalue weighted by molar-refractivity contribution is 0.373. The molecular formula is C16H31N3O. The predicted molar refractivity (Wildman–Crippen MR) is 82.7 cm³/mol. The normalized spacial score (nSPS) is 12.8. The van der Waals surface area contributed by atoms with E-state index in [1.165, 1.54) is 38.5 Å². The van der Waals surface area contributed by atoms with Gasteiger partial charge in [-0.1, -0.05) is 59.3 Å². The molecule has 1 aromatic rings. The number of hydrogen-bond acceptors (Lipinski definition) is 4. The van der Waals surface area contributed by atoms with Crippen LogP contribution in [-0.4, -0.2) is 16.7 Å². The van der Waals surface area contributed by atoms with Gasteiger partial charge in [0.15, 0.2) is 0 Å². The van der Waals surface area contributed by atoms with Crippen LogP contribution in [-0.2, 0) is 6.42 Å². The minimum atomic E-state index is 0.204. The molecule has 0 amide bonds. The molecule has 116 valence electrons. The number of hydrogen-bond donors (Lipinski definition) is 1. The van der Waals surface area contributed by atoms with E-state index in [9.17, 15) is 0 Å². The summed E-state index contributed by atoms with van der Waals surface area (Å²) >= 11 is 0. The summed E-state index contributed by atoms with van der Waals surface area (Å²) in [5, 5.41) is 11.7. The minimum absolute atomic E-state index is 0.204. The van der Waals surface area contributed by atoms with Crippen LogP contribution in [0.5, 0.6) is 0 Å². The third-order valence-corrected chi connectivity index (χ3v) is 3.63. The molecule has 4 nitrogen and oxygen atoms in total. The van der Waals surface area contributed by atoms with Crippen molar-refractivity contribution in [3.05, 3.63) is 11.8 Å². The van der Waals surface area contributed by atoms with Crippen molar-refractivity contribution in [2.24, 2.45) is 0 Å². The molecule has 0 aliphatic carbocycles. The Hall–Kier alpha value is -0.900. The van der Waals surface area contributed by atoms with E-state index in [1.807, 2.05) is 0 Å². The first-order chi connectivity index (χ1) is 9.81. The maximum atomic E-state index is 5.75. The van der Waals surface area contributed by atoms with Crippen LogP contribution >= 0.6 is 0 Å². The van der Waals surface area contributed by atoms with Crippen molar-refractivity contribution >= 4 is 0 Å². The Morgan fingerprint density at radius 2 is 1.65 bits per heavy atom. The highest BCUT2D eigenvalue weighted by atomic mass is 16.4. The van der Waals surface area contributed by atoms with Crippen molar-refractivity contribution in [3.63, 3.8) is 0 Å². The SMILES string of the molecule is CCCCCCCCCc1nnc(C(CC)NCC)o1. The molecule has 1 N–H and O–H groups in total. The zero-order valence-corrected chi connectivity index (χ0v) is 13.5. The number of rotatable bonds is 12. The molecule has 1 heterocycles. The fraction of sp³-hybridized carbons (Fsp3) is 0.875. The zero-order chi connectivity index (χ0) is 14.6. The third-order valence-electron chi connectivity index (χ3n) is 3.63. The van der Waals surface area contributed by atoms with E-state index < -0.39 is 0 Å². The summed E-state index contributed by atoms with van der Waals surface area (Å²) in [6, 6.07) is 0.204. The van der Waals surface area contributed by atoms with Crippen LogP contribution in [0.1, 0.15) is 90.0 Å². The van der Waals surface area contributed by atoms with Gasteiger partial charge in [-0.2, -0.15) is 0 Å². The summed E-state index contributed by atoms with van der Waals surface area (Å²) in [7, 11) is 0. The average Bonchev–Trinajstić information content (AvgIpc) is 2.92. The summed E-state index contributed by atoms with van der Waals surface area (Å²) in [5.74, 6) is 1.54. The number of nitrogens with one attached hydrogen (secondary N) is 1. The van der Waals surface area contributed by atoms with Gasteiger partial charge >= 0.3 is 0 Å².